The number of hydrogen-bond donors (Lipinski definition) is 1. The van der Waals surface area contributed by atoms with Crippen molar-refractivity contribution in [2.24, 2.45) is 0 Å². The zero-order valence-corrected chi connectivity index (χ0v) is 8.60. The molecule has 5 nitrogen and oxygen atoms in total. The van der Waals surface area contributed by atoms with Crippen LogP contribution in [-0.2, 0) is 6.54 Å². The highest BCUT2D eigenvalue weighted by molar-refractivity contribution is 4.86. The molecule has 0 saturated carbocycles. The Hall–Kier alpha value is -0.940. The lowest BCUT2D eigenvalue weighted by atomic mass is 10.1. The molecule has 5 heteroatoms. The van der Waals surface area contributed by atoms with E-state index >= 15 is 0 Å². The molecule has 0 amide bonds. The number of aromatic nitrogens is 2. The average molecular weight is 196 g/mol. The minimum atomic E-state index is 0.532. The van der Waals surface area contributed by atoms with Crippen molar-refractivity contribution in [3.05, 3.63) is 12.2 Å². The molecule has 2 unspecified atom stereocenters. The van der Waals surface area contributed by atoms with Gasteiger partial charge in [0.1, 0.15) is 0 Å². The van der Waals surface area contributed by atoms with Crippen LogP contribution in [0.3, 0.4) is 0 Å². The van der Waals surface area contributed by atoms with Gasteiger partial charge in [0.2, 0.25) is 6.39 Å². The molecule has 14 heavy (non-hydrogen) atoms. The van der Waals surface area contributed by atoms with Gasteiger partial charge < -0.3 is 9.84 Å². The van der Waals surface area contributed by atoms with Crippen molar-refractivity contribution in [2.45, 2.75) is 32.5 Å². The Balaban J connectivity index is 1.95. The molecular formula is C9H16N4O. The van der Waals surface area contributed by atoms with Crippen molar-refractivity contribution >= 4 is 0 Å². The molecule has 2 rings (SSSR count). The lowest BCUT2D eigenvalue weighted by Crippen LogP contribution is -2.53. The predicted octanol–water partition coefficient (Wildman–Crippen LogP) is 0.252. The van der Waals surface area contributed by atoms with Crippen LogP contribution in [0.25, 0.3) is 0 Å². The Labute approximate surface area is 83.5 Å². The molecule has 0 radical (unpaired) electrons. The van der Waals surface area contributed by atoms with Gasteiger partial charge in [0.05, 0.1) is 6.54 Å². The summed E-state index contributed by atoms with van der Waals surface area (Å²) in [5, 5.41) is 7.26. The maximum Gasteiger partial charge on any atom is 0.213 e. The monoisotopic (exact) mass is 196 g/mol. The van der Waals surface area contributed by atoms with Gasteiger partial charge in [-0.3, -0.25) is 4.90 Å². The molecule has 1 aromatic heterocycles. The lowest BCUT2D eigenvalue weighted by Gasteiger charge is -2.36. The molecule has 2 heterocycles. The number of piperazine rings is 1. The fourth-order valence-corrected chi connectivity index (χ4v) is 1.76. The van der Waals surface area contributed by atoms with E-state index in [0.717, 1.165) is 25.5 Å². The van der Waals surface area contributed by atoms with Gasteiger partial charge in [-0.25, -0.2) is 0 Å². The van der Waals surface area contributed by atoms with E-state index in [4.69, 9.17) is 4.52 Å². The van der Waals surface area contributed by atoms with E-state index in [1.807, 2.05) is 0 Å². The first-order valence-electron chi connectivity index (χ1n) is 4.98. The molecule has 1 N–H and O–H groups in total. The van der Waals surface area contributed by atoms with Gasteiger partial charge in [0, 0.05) is 25.2 Å². The molecule has 1 aromatic rings. The Morgan fingerprint density at radius 1 is 1.64 bits per heavy atom. The maximum atomic E-state index is 4.71. The van der Waals surface area contributed by atoms with Crippen molar-refractivity contribution in [1.82, 2.24) is 20.4 Å². The molecule has 1 aliphatic rings. The summed E-state index contributed by atoms with van der Waals surface area (Å²) in [4.78, 5) is 6.40. The van der Waals surface area contributed by atoms with Crippen molar-refractivity contribution in [2.75, 3.05) is 13.1 Å². The van der Waals surface area contributed by atoms with Crippen LogP contribution >= 0.6 is 0 Å². The fourth-order valence-electron chi connectivity index (χ4n) is 1.76. The topological polar surface area (TPSA) is 54.2 Å². The van der Waals surface area contributed by atoms with Crippen molar-refractivity contribution < 1.29 is 4.52 Å². The van der Waals surface area contributed by atoms with Crippen molar-refractivity contribution in [1.29, 1.82) is 0 Å². The van der Waals surface area contributed by atoms with Crippen molar-refractivity contribution in [3.63, 3.8) is 0 Å². The molecule has 0 bridgehead atoms. The second-order valence-electron chi connectivity index (χ2n) is 3.94. The highest BCUT2D eigenvalue weighted by Crippen LogP contribution is 2.09. The quantitative estimate of drug-likeness (QED) is 0.735. The Morgan fingerprint density at radius 2 is 2.50 bits per heavy atom. The zero-order valence-electron chi connectivity index (χ0n) is 8.60. The zero-order chi connectivity index (χ0) is 9.97. The van der Waals surface area contributed by atoms with E-state index in [1.165, 1.54) is 6.39 Å². The normalized spacial score (nSPS) is 29.3. The van der Waals surface area contributed by atoms with E-state index < -0.39 is 0 Å². The van der Waals surface area contributed by atoms with Crippen molar-refractivity contribution in [3.8, 4) is 0 Å². The maximum absolute atomic E-state index is 4.71. The summed E-state index contributed by atoms with van der Waals surface area (Å²) < 4.78 is 4.71. The fraction of sp³-hybridized carbons (Fsp3) is 0.778. The minimum absolute atomic E-state index is 0.532. The van der Waals surface area contributed by atoms with Crippen LogP contribution in [0.2, 0.25) is 0 Å². The van der Waals surface area contributed by atoms with E-state index in [1.54, 1.807) is 0 Å². The summed E-state index contributed by atoms with van der Waals surface area (Å²) in [5.41, 5.74) is 0. The average Bonchev–Trinajstić information content (AvgIpc) is 2.64. The molecule has 0 spiro atoms. The minimum Gasteiger partial charge on any atom is -0.343 e. The number of rotatable bonds is 2. The van der Waals surface area contributed by atoms with Crippen LogP contribution in [0.1, 0.15) is 19.7 Å². The summed E-state index contributed by atoms with van der Waals surface area (Å²) in [6.07, 6.45) is 1.38. The molecule has 2 atom stereocenters. The number of nitrogens with zero attached hydrogens (tertiary/aromatic N) is 3. The van der Waals surface area contributed by atoms with Gasteiger partial charge in [-0.05, 0) is 13.8 Å². The molecule has 1 fully saturated rings. The van der Waals surface area contributed by atoms with Crippen LogP contribution < -0.4 is 5.32 Å². The first-order valence-corrected chi connectivity index (χ1v) is 4.98. The SMILES string of the molecule is CC1CN(Cc2ncon2)C(C)CN1. The van der Waals surface area contributed by atoms with Crippen LogP contribution in [0.15, 0.2) is 10.9 Å². The highest BCUT2D eigenvalue weighted by atomic mass is 16.5. The summed E-state index contributed by atoms with van der Waals surface area (Å²) in [5.74, 6) is 0.769. The number of nitrogens with one attached hydrogen (secondary N) is 1. The van der Waals surface area contributed by atoms with E-state index in [2.05, 4.69) is 34.2 Å². The molecule has 1 aliphatic heterocycles. The molecule has 1 saturated heterocycles. The van der Waals surface area contributed by atoms with Gasteiger partial charge in [-0.15, -0.1) is 0 Å². The van der Waals surface area contributed by atoms with E-state index in [9.17, 15) is 0 Å². The Bertz CT molecular complexity index is 274. The third kappa shape index (κ3) is 2.10. The summed E-state index contributed by atoms with van der Waals surface area (Å²) in [6, 6.07) is 1.07. The van der Waals surface area contributed by atoms with Gasteiger partial charge in [0.15, 0.2) is 5.82 Å². The molecule has 0 aromatic carbocycles. The highest BCUT2D eigenvalue weighted by Gasteiger charge is 2.23. The Kier molecular flexibility index (Phi) is 2.79. The molecule has 78 valence electrons. The van der Waals surface area contributed by atoms with Crippen LogP contribution in [0, 0.1) is 0 Å². The standard InChI is InChI=1S/C9H16N4O/c1-7-4-13(8(2)3-10-7)5-9-11-6-14-12-9/h6-8,10H,3-5H2,1-2H3. The van der Waals surface area contributed by atoms with Gasteiger partial charge >= 0.3 is 0 Å². The first-order chi connectivity index (χ1) is 6.75. The van der Waals surface area contributed by atoms with E-state index in [-0.39, 0.29) is 0 Å². The largest absolute Gasteiger partial charge is 0.343 e. The van der Waals surface area contributed by atoms with Gasteiger partial charge in [-0.1, -0.05) is 5.16 Å². The summed E-state index contributed by atoms with van der Waals surface area (Å²) in [7, 11) is 0. The summed E-state index contributed by atoms with van der Waals surface area (Å²) in [6.45, 7) is 7.24. The second-order valence-corrected chi connectivity index (χ2v) is 3.94. The van der Waals surface area contributed by atoms with Crippen LogP contribution in [-0.4, -0.2) is 40.2 Å². The van der Waals surface area contributed by atoms with Gasteiger partial charge in [-0.2, -0.15) is 4.98 Å². The third-order valence-electron chi connectivity index (χ3n) is 2.64. The second kappa shape index (κ2) is 4.06. The molecule has 0 aliphatic carbocycles. The Morgan fingerprint density at radius 3 is 3.21 bits per heavy atom. The first kappa shape index (κ1) is 9.61. The smallest absolute Gasteiger partial charge is 0.213 e. The van der Waals surface area contributed by atoms with Crippen LogP contribution in [0.5, 0.6) is 0 Å². The lowest BCUT2D eigenvalue weighted by molar-refractivity contribution is 0.134. The summed E-state index contributed by atoms with van der Waals surface area (Å²) >= 11 is 0. The number of hydrogen-bond acceptors (Lipinski definition) is 5. The predicted molar refractivity (Wildman–Crippen MR) is 51.6 cm³/mol. The van der Waals surface area contributed by atoms with Gasteiger partial charge in [0.25, 0.3) is 0 Å². The van der Waals surface area contributed by atoms with E-state index in [0.29, 0.717) is 12.1 Å². The van der Waals surface area contributed by atoms with Crippen LogP contribution in [0.4, 0.5) is 0 Å². The molecular weight excluding hydrogens is 180 g/mol. The third-order valence-corrected chi connectivity index (χ3v) is 2.64.